The van der Waals surface area contributed by atoms with E-state index in [9.17, 15) is 14.4 Å². The number of esters is 1. The largest absolute Gasteiger partial charge is 0.467 e. The number of ether oxygens (including phenoxy) is 1. The second-order valence-electron chi connectivity index (χ2n) is 7.20. The minimum Gasteiger partial charge on any atom is -0.467 e. The molecule has 2 atom stereocenters. The van der Waals surface area contributed by atoms with Crippen molar-refractivity contribution in [1.29, 1.82) is 0 Å². The summed E-state index contributed by atoms with van der Waals surface area (Å²) in [6.45, 7) is 9.51. The Bertz CT molecular complexity index is 587. The monoisotopic (exact) mass is 354 g/mol. The molecular formula is C15H26N6O4. The zero-order chi connectivity index (χ0) is 19.4. The normalized spacial score (nSPS) is 18.8. The Balaban J connectivity index is 2.71. The summed E-state index contributed by atoms with van der Waals surface area (Å²) in [4.78, 5) is 40.7. The maximum absolute atomic E-state index is 12.5. The van der Waals surface area contributed by atoms with Crippen LogP contribution in [0.3, 0.4) is 0 Å². The van der Waals surface area contributed by atoms with E-state index in [1.165, 1.54) is 21.0 Å². The molecule has 1 saturated heterocycles. The van der Waals surface area contributed by atoms with E-state index in [-0.39, 0.29) is 18.6 Å². The van der Waals surface area contributed by atoms with Gasteiger partial charge < -0.3 is 15.4 Å². The summed E-state index contributed by atoms with van der Waals surface area (Å²) in [6.07, 6.45) is 0. The van der Waals surface area contributed by atoms with E-state index in [1.807, 2.05) is 25.7 Å². The van der Waals surface area contributed by atoms with Crippen LogP contribution in [0.2, 0.25) is 0 Å². The van der Waals surface area contributed by atoms with Crippen molar-refractivity contribution in [2.75, 3.05) is 20.2 Å². The lowest BCUT2D eigenvalue weighted by Crippen LogP contribution is -2.72. The van der Waals surface area contributed by atoms with Gasteiger partial charge in [0.05, 0.1) is 7.11 Å². The number of methoxy groups -OCH3 is 1. The first-order valence-corrected chi connectivity index (χ1v) is 7.97. The SMILES string of the molecule is COC(=O)[C@H](C)NC(=O)[C@H](C)NC(=O)C1(N=[N+]=[N-])CN(C(C)(C)C)C1. The molecule has 10 nitrogen and oxygen atoms in total. The van der Waals surface area contributed by atoms with Gasteiger partial charge in [-0.2, -0.15) is 0 Å². The summed E-state index contributed by atoms with van der Waals surface area (Å²) in [5.41, 5.74) is 7.39. The Morgan fingerprint density at radius 2 is 1.76 bits per heavy atom. The predicted molar refractivity (Wildman–Crippen MR) is 90.4 cm³/mol. The van der Waals surface area contributed by atoms with Gasteiger partial charge in [0.25, 0.3) is 0 Å². The van der Waals surface area contributed by atoms with E-state index in [2.05, 4.69) is 25.4 Å². The molecule has 0 radical (unpaired) electrons. The quantitative estimate of drug-likeness (QED) is 0.306. The molecule has 0 bridgehead atoms. The number of rotatable bonds is 6. The summed E-state index contributed by atoms with van der Waals surface area (Å²) in [6, 6.07) is -1.72. The van der Waals surface area contributed by atoms with Crippen LogP contribution < -0.4 is 10.6 Å². The molecule has 1 fully saturated rings. The average molecular weight is 354 g/mol. The highest BCUT2D eigenvalue weighted by molar-refractivity contribution is 5.94. The minimum atomic E-state index is -1.23. The van der Waals surface area contributed by atoms with Gasteiger partial charge in [0, 0.05) is 23.5 Å². The van der Waals surface area contributed by atoms with Crippen LogP contribution >= 0.6 is 0 Å². The third-order valence-electron chi connectivity index (χ3n) is 4.17. The van der Waals surface area contributed by atoms with Crippen molar-refractivity contribution in [3.8, 4) is 0 Å². The van der Waals surface area contributed by atoms with Crippen LogP contribution in [0.15, 0.2) is 5.11 Å². The summed E-state index contributed by atoms with van der Waals surface area (Å²) in [5, 5.41) is 8.65. The first-order chi connectivity index (χ1) is 11.5. The topological polar surface area (TPSA) is 137 Å². The number of amides is 2. The van der Waals surface area contributed by atoms with E-state index in [1.54, 1.807) is 0 Å². The predicted octanol–water partition coefficient (Wildman–Crippen LogP) is 0.332. The van der Waals surface area contributed by atoms with Crippen LogP contribution in [0.1, 0.15) is 34.6 Å². The minimum absolute atomic E-state index is 0.159. The Morgan fingerprint density at radius 3 is 2.20 bits per heavy atom. The fourth-order valence-electron chi connectivity index (χ4n) is 2.37. The number of azide groups is 1. The second-order valence-corrected chi connectivity index (χ2v) is 7.20. The Kier molecular flexibility index (Phi) is 6.39. The van der Waals surface area contributed by atoms with Gasteiger partial charge in [-0.25, -0.2) is 4.79 Å². The van der Waals surface area contributed by atoms with Gasteiger partial charge in [-0.15, -0.1) is 0 Å². The van der Waals surface area contributed by atoms with Gasteiger partial charge in [-0.1, -0.05) is 5.11 Å². The van der Waals surface area contributed by atoms with Gasteiger partial charge in [0.1, 0.15) is 12.1 Å². The van der Waals surface area contributed by atoms with Crippen molar-refractivity contribution in [3.63, 3.8) is 0 Å². The maximum atomic E-state index is 12.5. The molecular weight excluding hydrogens is 328 g/mol. The lowest BCUT2D eigenvalue weighted by molar-refractivity contribution is -0.145. The van der Waals surface area contributed by atoms with E-state index < -0.39 is 35.4 Å². The number of carbonyl (C=O) groups is 3. The number of nitrogens with zero attached hydrogens (tertiary/aromatic N) is 4. The summed E-state index contributed by atoms with van der Waals surface area (Å²) >= 11 is 0. The van der Waals surface area contributed by atoms with Crippen LogP contribution in [-0.4, -0.2) is 66.0 Å². The summed E-state index contributed by atoms with van der Waals surface area (Å²) in [5.74, 6) is -1.63. The number of likely N-dealkylation sites (tertiary alicyclic amines) is 1. The fourth-order valence-corrected chi connectivity index (χ4v) is 2.37. The molecule has 1 heterocycles. The highest BCUT2D eigenvalue weighted by Crippen LogP contribution is 2.32. The van der Waals surface area contributed by atoms with Gasteiger partial charge in [-0.05, 0) is 40.1 Å². The molecule has 10 heteroatoms. The smallest absolute Gasteiger partial charge is 0.328 e. The van der Waals surface area contributed by atoms with Crippen molar-refractivity contribution in [2.24, 2.45) is 5.11 Å². The second kappa shape index (κ2) is 7.71. The van der Waals surface area contributed by atoms with Crippen LogP contribution in [0.5, 0.6) is 0 Å². The van der Waals surface area contributed by atoms with Crippen molar-refractivity contribution < 1.29 is 19.1 Å². The summed E-state index contributed by atoms with van der Waals surface area (Å²) < 4.78 is 4.53. The Labute approximate surface area is 146 Å². The molecule has 0 aliphatic carbocycles. The molecule has 140 valence electrons. The van der Waals surface area contributed by atoms with Crippen LogP contribution in [0.4, 0.5) is 0 Å². The van der Waals surface area contributed by atoms with E-state index in [0.717, 1.165) is 0 Å². The standard InChI is InChI=1S/C15H26N6O4/c1-9(11(22)17-10(2)12(23)25-6)18-13(24)15(19-20-16)7-21(8-15)14(3,4)5/h9-10H,7-8H2,1-6H3,(H,17,22)(H,18,24)/t9-,10-/m0/s1. The first-order valence-electron chi connectivity index (χ1n) is 7.97. The van der Waals surface area contributed by atoms with E-state index in [0.29, 0.717) is 0 Å². The highest BCUT2D eigenvalue weighted by Gasteiger charge is 2.52. The third-order valence-corrected chi connectivity index (χ3v) is 4.17. The van der Waals surface area contributed by atoms with Crippen molar-refractivity contribution in [2.45, 2.75) is 57.8 Å². The molecule has 0 unspecified atom stereocenters. The summed E-state index contributed by atoms with van der Waals surface area (Å²) in [7, 11) is 1.22. The molecule has 1 aliphatic rings. The maximum Gasteiger partial charge on any atom is 0.328 e. The lowest BCUT2D eigenvalue weighted by Gasteiger charge is -2.52. The zero-order valence-corrected chi connectivity index (χ0v) is 15.5. The average Bonchev–Trinajstić information content (AvgIpc) is 2.47. The van der Waals surface area contributed by atoms with Crippen molar-refractivity contribution in [3.05, 3.63) is 10.4 Å². The molecule has 0 aromatic heterocycles. The molecule has 2 N–H and O–H groups in total. The Morgan fingerprint density at radius 1 is 1.20 bits per heavy atom. The molecule has 0 saturated carbocycles. The van der Waals surface area contributed by atoms with Crippen LogP contribution in [0.25, 0.3) is 10.4 Å². The molecule has 0 aromatic rings. The van der Waals surface area contributed by atoms with E-state index >= 15 is 0 Å². The number of hydrogen-bond donors (Lipinski definition) is 2. The first kappa shape index (κ1) is 20.7. The zero-order valence-electron chi connectivity index (χ0n) is 15.5. The van der Waals surface area contributed by atoms with Crippen LogP contribution in [-0.2, 0) is 19.1 Å². The molecule has 25 heavy (non-hydrogen) atoms. The fraction of sp³-hybridized carbons (Fsp3) is 0.800. The molecule has 0 aromatic carbocycles. The number of carbonyl (C=O) groups excluding carboxylic acids is 3. The molecule has 2 amide bonds. The highest BCUT2D eigenvalue weighted by atomic mass is 16.5. The van der Waals surface area contributed by atoms with Crippen LogP contribution in [0, 0.1) is 0 Å². The molecule has 1 aliphatic heterocycles. The Hall–Kier alpha value is -2.32. The molecule has 0 spiro atoms. The third kappa shape index (κ3) is 4.83. The van der Waals surface area contributed by atoms with Gasteiger partial charge in [-0.3, -0.25) is 14.5 Å². The van der Waals surface area contributed by atoms with E-state index in [4.69, 9.17) is 5.53 Å². The number of hydrogen-bond acceptors (Lipinski definition) is 6. The lowest BCUT2D eigenvalue weighted by atomic mass is 9.85. The molecule has 1 rings (SSSR count). The number of nitrogens with one attached hydrogen (secondary N) is 2. The van der Waals surface area contributed by atoms with Gasteiger partial charge in [0.15, 0.2) is 5.54 Å². The van der Waals surface area contributed by atoms with Crippen molar-refractivity contribution >= 4 is 17.8 Å². The van der Waals surface area contributed by atoms with Crippen molar-refractivity contribution in [1.82, 2.24) is 15.5 Å². The van der Waals surface area contributed by atoms with Gasteiger partial charge >= 0.3 is 5.97 Å². The van der Waals surface area contributed by atoms with Gasteiger partial charge in [0.2, 0.25) is 11.8 Å².